The molecule has 1 aromatic heterocycles. The van der Waals surface area contributed by atoms with Gasteiger partial charge >= 0.3 is 5.97 Å². The number of methoxy groups -OCH3 is 2. The fourth-order valence-electron chi connectivity index (χ4n) is 2.84. The van der Waals surface area contributed by atoms with Crippen LogP contribution in [0.25, 0.3) is 22.1 Å². The maximum atomic E-state index is 13.0. The second kappa shape index (κ2) is 6.92. The average molecular weight is 354 g/mol. The molecule has 0 aliphatic carbocycles. The molecule has 0 spiro atoms. The van der Waals surface area contributed by atoms with Crippen LogP contribution in [0.3, 0.4) is 0 Å². The van der Waals surface area contributed by atoms with Gasteiger partial charge in [-0.15, -0.1) is 0 Å². The van der Waals surface area contributed by atoms with Crippen LogP contribution in [0, 0.1) is 6.92 Å². The van der Waals surface area contributed by atoms with E-state index in [9.17, 15) is 9.59 Å². The number of benzene rings is 2. The van der Waals surface area contributed by atoms with Crippen LogP contribution in [-0.4, -0.2) is 20.2 Å². The lowest BCUT2D eigenvalue weighted by atomic mass is 10.0. The first kappa shape index (κ1) is 17.5. The first-order valence-electron chi connectivity index (χ1n) is 7.93. The molecule has 0 aliphatic heterocycles. The number of ether oxygens (including phenoxy) is 3. The van der Waals surface area contributed by atoms with Gasteiger partial charge in [0.25, 0.3) is 0 Å². The molecule has 134 valence electrons. The molecule has 6 heteroatoms. The first-order chi connectivity index (χ1) is 12.4. The maximum absolute atomic E-state index is 13.0. The maximum Gasteiger partial charge on any atom is 0.308 e. The number of aryl methyl sites for hydroxylation is 1. The van der Waals surface area contributed by atoms with E-state index in [0.29, 0.717) is 45.1 Å². The Labute approximate surface area is 149 Å². The summed E-state index contributed by atoms with van der Waals surface area (Å²) in [4.78, 5) is 24.1. The smallest absolute Gasteiger partial charge is 0.308 e. The zero-order chi connectivity index (χ0) is 18.8. The minimum atomic E-state index is -0.439. The predicted octanol–water partition coefficient (Wildman–Crippen LogP) is 3.71. The van der Waals surface area contributed by atoms with Gasteiger partial charge in [0.15, 0.2) is 11.5 Å². The molecule has 0 atom stereocenters. The van der Waals surface area contributed by atoms with Gasteiger partial charge in [0.2, 0.25) is 5.43 Å². The summed E-state index contributed by atoms with van der Waals surface area (Å²) in [5.74, 6) is 1.44. The minimum absolute atomic E-state index is 0.176. The van der Waals surface area contributed by atoms with Crippen LogP contribution in [0.4, 0.5) is 0 Å². The molecule has 3 aromatic rings. The summed E-state index contributed by atoms with van der Waals surface area (Å²) in [6.45, 7) is 3.02. The molecule has 0 aliphatic rings. The third-order valence-electron chi connectivity index (χ3n) is 3.97. The second-order valence-corrected chi connectivity index (χ2v) is 5.68. The molecule has 3 rings (SSSR count). The van der Waals surface area contributed by atoms with Gasteiger partial charge < -0.3 is 18.6 Å². The molecule has 0 saturated carbocycles. The molecule has 0 saturated heterocycles. The number of hydrogen-bond donors (Lipinski definition) is 0. The summed E-state index contributed by atoms with van der Waals surface area (Å²) in [5.41, 5.74) is 1.29. The predicted molar refractivity (Wildman–Crippen MR) is 97.1 cm³/mol. The van der Waals surface area contributed by atoms with Crippen molar-refractivity contribution in [3.63, 3.8) is 0 Å². The summed E-state index contributed by atoms with van der Waals surface area (Å²) in [6, 6.07) is 9.93. The largest absolute Gasteiger partial charge is 0.493 e. The molecule has 1 heterocycles. The lowest BCUT2D eigenvalue weighted by Gasteiger charge is -2.11. The van der Waals surface area contributed by atoms with Gasteiger partial charge in [0, 0.05) is 13.0 Å². The number of esters is 1. The molecular weight excluding hydrogens is 336 g/mol. The Morgan fingerprint density at radius 1 is 1.00 bits per heavy atom. The minimum Gasteiger partial charge on any atom is -0.493 e. The molecule has 0 unspecified atom stereocenters. The highest BCUT2D eigenvalue weighted by Gasteiger charge is 2.16. The molecule has 6 nitrogen and oxygen atoms in total. The number of fused-ring (bicyclic) bond motifs is 1. The van der Waals surface area contributed by atoms with Gasteiger partial charge in [-0.2, -0.15) is 0 Å². The van der Waals surface area contributed by atoms with Crippen molar-refractivity contribution in [3.8, 4) is 28.4 Å². The second-order valence-electron chi connectivity index (χ2n) is 5.68. The molecule has 0 N–H and O–H groups in total. The van der Waals surface area contributed by atoms with E-state index in [1.54, 1.807) is 44.4 Å². The van der Waals surface area contributed by atoms with Gasteiger partial charge in [-0.1, -0.05) is 6.07 Å². The fourth-order valence-corrected chi connectivity index (χ4v) is 2.84. The summed E-state index contributed by atoms with van der Waals surface area (Å²) in [5, 5.41) is 0.399. The quantitative estimate of drug-likeness (QED) is 0.525. The summed E-state index contributed by atoms with van der Waals surface area (Å²) < 4.78 is 21.4. The van der Waals surface area contributed by atoms with Crippen molar-refractivity contribution in [2.24, 2.45) is 0 Å². The Morgan fingerprint density at radius 3 is 2.38 bits per heavy atom. The van der Waals surface area contributed by atoms with Crippen molar-refractivity contribution in [2.75, 3.05) is 14.2 Å². The van der Waals surface area contributed by atoms with Crippen LogP contribution in [0.2, 0.25) is 0 Å². The number of carbonyl (C=O) groups excluding carboxylic acids is 1. The number of hydrogen-bond acceptors (Lipinski definition) is 6. The van der Waals surface area contributed by atoms with Crippen LogP contribution in [0.15, 0.2) is 45.6 Å². The first-order valence-corrected chi connectivity index (χ1v) is 7.93. The van der Waals surface area contributed by atoms with Crippen LogP contribution < -0.4 is 19.6 Å². The average Bonchev–Trinajstić information content (AvgIpc) is 2.60. The highest BCUT2D eigenvalue weighted by Crippen LogP contribution is 2.33. The van der Waals surface area contributed by atoms with E-state index in [0.717, 1.165) is 0 Å². The molecule has 0 bridgehead atoms. The Bertz CT molecular complexity index is 1050. The van der Waals surface area contributed by atoms with Crippen LogP contribution in [-0.2, 0) is 4.79 Å². The van der Waals surface area contributed by atoms with E-state index >= 15 is 0 Å². The van der Waals surface area contributed by atoms with Crippen molar-refractivity contribution < 1.29 is 23.4 Å². The standard InChI is InChI=1S/C20H18O6/c1-11-19(13-5-8-16(23-3)18(9-13)24-4)20(22)15-7-6-14(26-12(2)21)10-17(15)25-11/h5-10H,1-4H3. The highest BCUT2D eigenvalue weighted by molar-refractivity contribution is 5.84. The van der Waals surface area contributed by atoms with Crippen LogP contribution in [0.1, 0.15) is 12.7 Å². The number of carbonyl (C=O) groups is 1. The van der Waals surface area contributed by atoms with E-state index < -0.39 is 5.97 Å². The van der Waals surface area contributed by atoms with Gasteiger partial charge in [-0.25, -0.2) is 0 Å². The van der Waals surface area contributed by atoms with Gasteiger partial charge in [-0.05, 0) is 36.8 Å². The van der Waals surface area contributed by atoms with Crippen LogP contribution >= 0.6 is 0 Å². The van der Waals surface area contributed by atoms with Gasteiger partial charge in [-0.3, -0.25) is 9.59 Å². The summed E-state index contributed by atoms with van der Waals surface area (Å²) in [7, 11) is 3.09. The van der Waals surface area contributed by atoms with E-state index in [1.807, 2.05) is 0 Å². The monoisotopic (exact) mass is 354 g/mol. The fraction of sp³-hybridized carbons (Fsp3) is 0.200. The molecule has 0 amide bonds. The van der Waals surface area contributed by atoms with Crippen molar-refractivity contribution >= 4 is 16.9 Å². The van der Waals surface area contributed by atoms with E-state index in [4.69, 9.17) is 18.6 Å². The highest BCUT2D eigenvalue weighted by atomic mass is 16.5. The molecule has 0 fully saturated rings. The molecular formula is C20H18O6. The van der Waals surface area contributed by atoms with E-state index in [2.05, 4.69) is 0 Å². The Balaban J connectivity index is 2.18. The van der Waals surface area contributed by atoms with Crippen molar-refractivity contribution in [1.29, 1.82) is 0 Å². The third-order valence-corrected chi connectivity index (χ3v) is 3.97. The Kier molecular flexibility index (Phi) is 4.67. The Morgan fingerprint density at radius 2 is 1.73 bits per heavy atom. The number of rotatable bonds is 4. The van der Waals surface area contributed by atoms with E-state index in [-0.39, 0.29) is 5.43 Å². The van der Waals surface area contributed by atoms with Gasteiger partial charge in [0.1, 0.15) is 17.1 Å². The topological polar surface area (TPSA) is 75.0 Å². The van der Waals surface area contributed by atoms with Gasteiger partial charge in [0.05, 0.1) is 25.2 Å². The van der Waals surface area contributed by atoms with Crippen LogP contribution in [0.5, 0.6) is 17.2 Å². The molecule has 26 heavy (non-hydrogen) atoms. The molecule has 0 radical (unpaired) electrons. The summed E-state index contributed by atoms with van der Waals surface area (Å²) in [6.07, 6.45) is 0. The normalized spacial score (nSPS) is 10.6. The zero-order valence-corrected chi connectivity index (χ0v) is 14.9. The van der Waals surface area contributed by atoms with Crippen molar-refractivity contribution in [1.82, 2.24) is 0 Å². The lowest BCUT2D eigenvalue weighted by Crippen LogP contribution is -2.08. The van der Waals surface area contributed by atoms with E-state index in [1.165, 1.54) is 20.1 Å². The Hall–Kier alpha value is -3.28. The van der Waals surface area contributed by atoms with Crippen molar-refractivity contribution in [3.05, 3.63) is 52.4 Å². The summed E-state index contributed by atoms with van der Waals surface area (Å²) >= 11 is 0. The lowest BCUT2D eigenvalue weighted by molar-refractivity contribution is -0.131. The zero-order valence-electron chi connectivity index (χ0n) is 14.9. The molecule has 2 aromatic carbocycles. The van der Waals surface area contributed by atoms with Crippen molar-refractivity contribution in [2.45, 2.75) is 13.8 Å². The third kappa shape index (κ3) is 3.13. The SMILES string of the molecule is COc1ccc(-c2c(C)oc3cc(OC(C)=O)ccc3c2=O)cc1OC.